The van der Waals surface area contributed by atoms with Gasteiger partial charge >= 0.3 is 6.18 Å². The number of aryl methyl sites for hydroxylation is 1. The minimum atomic E-state index is -4.48. The average molecular weight is 349 g/mol. The Balaban J connectivity index is 0.00000200. The van der Waals surface area contributed by atoms with Crippen LogP contribution in [0.2, 0.25) is 0 Å². The molecule has 0 saturated carbocycles. The van der Waals surface area contributed by atoms with E-state index in [1.807, 2.05) is 0 Å². The molecule has 1 heterocycles. The van der Waals surface area contributed by atoms with E-state index in [1.165, 1.54) is 22.8 Å². The highest BCUT2D eigenvalue weighted by atomic mass is 79.9. The van der Waals surface area contributed by atoms with Crippen LogP contribution < -0.4 is 21.5 Å². The van der Waals surface area contributed by atoms with E-state index >= 15 is 0 Å². The lowest BCUT2D eigenvalue weighted by atomic mass is 10.0. The lowest BCUT2D eigenvalue weighted by molar-refractivity contribution is -0.703. The summed E-state index contributed by atoms with van der Waals surface area (Å²) in [5.41, 5.74) is -0.849. The second-order valence-electron chi connectivity index (χ2n) is 4.12. The zero-order valence-corrected chi connectivity index (χ0v) is 12.1. The second kappa shape index (κ2) is 6.21. The molecular formula is C13H12BrF3N2O. The van der Waals surface area contributed by atoms with Gasteiger partial charge in [-0.25, -0.2) is 9.55 Å². The van der Waals surface area contributed by atoms with Crippen LogP contribution in [0.5, 0.6) is 0 Å². The van der Waals surface area contributed by atoms with Crippen molar-refractivity contribution < 1.29 is 39.5 Å². The normalized spacial score (nSPS) is 12.6. The number of carbonyl (C=O) groups excluding carboxylic acids is 1. The van der Waals surface area contributed by atoms with Gasteiger partial charge in [-0.1, -0.05) is 18.2 Å². The summed E-state index contributed by atoms with van der Waals surface area (Å²) in [6.07, 6.45) is -0.863. The summed E-state index contributed by atoms with van der Waals surface area (Å²) in [6, 6.07) is 4.10. The van der Waals surface area contributed by atoms with E-state index in [0.717, 1.165) is 6.07 Å². The van der Waals surface area contributed by atoms with Gasteiger partial charge in [0.25, 0.3) is 5.82 Å². The van der Waals surface area contributed by atoms with Crippen molar-refractivity contribution in [2.75, 3.05) is 0 Å². The SMILES string of the molecule is Cc1[nH]cc[n+]1C(C=O)c1ccccc1C(F)(F)F.[Br-]. The molecule has 0 aliphatic carbocycles. The number of hydrogen-bond donors (Lipinski definition) is 1. The number of rotatable bonds is 3. The summed E-state index contributed by atoms with van der Waals surface area (Å²) in [4.78, 5) is 14.1. The molecule has 3 nitrogen and oxygen atoms in total. The number of hydrogen-bond acceptors (Lipinski definition) is 1. The number of aldehydes is 1. The molecule has 7 heteroatoms. The minimum absolute atomic E-state index is 0. The third-order valence-electron chi connectivity index (χ3n) is 2.93. The molecule has 2 aromatic rings. The monoisotopic (exact) mass is 348 g/mol. The Bertz CT molecular complexity index is 595. The van der Waals surface area contributed by atoms with Crippen LogP contribution in [0.25, 0.3) is 0 Å². The Kier molecular flexibility index (Phi) is 5.10. The van der Waals surface area contributed by atoms with Gasteiger partial charge in [-0.15, -0.1) is 0 Å². The Hall–Kier alpha value is -1.63. The number of benzene rings is 1. The summed E-state index contributed by atoms with van der Waals surface area (Å²) in [5, 5.41) is 0. The molecule has 1 aromatic heterocycles. The zero-order valence-electron chi connectivity index (χ0n) is 10.5. The molecule has 1 aromatic carbocycles. The standard InChI is InChI=1S/C13H11F3N2O.BrH/c1-9-17-6-7-18(9)12(8-19)10-4-2-3-5-11(10)13(14,15)16;/h2-8,12H,1H3;1H. The van der Waals surface area contributed by atoms with Crippen LogP contribution in [0.1, 0.15) is 23.0 Å². The number of carbonyl (C=O) groups is 1. The Morgan fingerprint density at radius 2 is 1.95 bits per heavy atom. The van der Waals surface area contributed by atoms with Gasteiger partial charge in [-0.05, 0) is 6.07 Å². The largest absolute Gasteiger partial charge is 1.00 e. The van der Waals surface area contributed by atoms with Crippen LogP contribution in [-0.4, -0.2) is 11.3 Å². The predicted molar refractivity (Wildman–Crippen MR) is 61.4 cm³/mol. The molecule has 0 aliphatic rings. The van der Waals surface area contributed by atoms with Gasteiger partial charge in [0, 0.05) is 12.5 Å². The van der Waals surface area contributed by atoms with Crippen molar-refractivity contribution >= 4 is 6.29 Å². The fraction of sp³-hybridized carbons (Fsp3) is 0.231. The van der Waals surface area contributed by atoms with Crippen LogP contribution in [0.4, 0.5) is 13.2 Å². The van der Waals surface area contributed by atoms with Gasteiger partial charge in [0.15, 0.2) is 12.3 Å². The highest BCUT2D eigenvalue weighted by molar-refractivity contribution is 5.61. The number of aromatic nitrogens is 2. The number of aromatic amines is 1. The van der Waals surface area contributed by atoms with Crippen molar-refractivity contribution in [3.05, 3.63) is 53.6 Å². The number of nitrogens with one attached hydrogen (secondary N) is 1. The molecule has 20 heavy (non-hydrogen) atoms. The second-order valence-corrected chi connectivity index (χ2v) is 4.12. The van der Waals surface area contributed by atoms with Gasteiger partial charge in [0.1, 0.15) is 12.4 Å². The quantitative estimate of drug-likeness (QED) is 0.585. The Morgan fingerprint density at radius 3 is 2.45 bits per heavy atom. The van der Waals surface area contributed by atoms with Crippen molar-refractivity contribution in [2.45, 2.75) is 19.1 Å². The minimum Gasteiger partial charge on any atom is -1.00 e. The zero-order chi connectivity index (χ0) is 14.0. The number of alkyl halides is 3. The molecule has 0 radical (unpaired) electrons. The third kappa shape index (κ3) is 3.09. The van der Waals surface area contributed by atoms with Gasteiger partial charge in [-0.2, -0.15) is 13.2 Å². The molecule has 1 atom stereocenters. The van der Waals surface area contributed by atoms with Crippen LogP contribution in [0.3, 0.4) is 0 Å². The van der Waals surface area contributed by atoms with E-state index in [0.29, 0.717) is 12.1 Å². The molecule has 1 unspecified atom stereocenters. The Morgan fingerprint density at radius 1 is 1.30 bits per heavy atom. The van der Waals surface area contributed by atoms with Crippen LogP contribution in [0.15, 0.2) is 36.7 Å². The summed E-state index contributed by atoms with van der Waals surface area (Å²) in [5.74, 6) is 0.606. The van der Waals surface area contributed by atoms with E-state index in [9.17, 15) is 18.0 Å². The molecule has 0 aliphatic heterocycles. The topological polar surface area (TPSA) is 36.7 Å². The first-order valence-corrected chi connectivity index (χ1v) is 5.61. The summed E-state index contributed by atoms with van der Waals surface area (Å²) >= 11 is 0. The van der Waals surface area contributed by atoms with Crippen molar-refractivity contribution in [3.63, 3.8) is 0 Å². The van der Waals surface area contributed by atoms with Gasteiger partial charge < -0.3 is 17.0 Å². The maximum atomic E-state index is 13.0. The molecule has 0 spiro atoms. The molecule has 0 amide bonds. The smallest absolute Gasteiger partial charge is 0.416 e. The number of halogens is 4. The fourth-order valence-electron chi connectivity index (χ4n) is 2.03. The molecular weight excluding hydrogens is 337 g/mol. The predicted octanol–water partition coefficient (Wildman–Crippen LogP) is -0.578. The maximum Gasteiger partial charge on any atom is 0.416 e. The first-order valence-electron chi connectivity index (χ1n) is 5.61. The van der Waals surface area contributed by atoms with Crippen molar-refractivity contribution in [2.24, 2.45) is 0 Å². The highest BCUT2D eigenvalue weighted by Gasteiger charge is 2.36. The van der Waals surface area contributed by atoms with Gasteiger partial charge in [0.05, 0.1) is 5.56 Å². The van der Waals surface area contributed by atoms with Gasteiger partial charge in [-0.3, -0.25) is 4.79 Å². The molecule has 108 valence electrons. The van der Waals surface area contributed by atoms with Crippen molar-refractivity contribution in [3.8, 4) is 0 Å². The van der Waals surface area contributed by atoms with E-state index in [1.54, 1.807) is 19.3 Å². The van der Waals surface area contributed by atoms with E-state index in [2.05, 4.69) is 4.98 Å². The molecule has 2 rings (SSSR count). The molecule has 0 fully saturated rings. The first-order chi connectivity index (χ1) is 8.95. The van der Waals surface area contributed by atoms with Crippen molar-refractivity contribution in [1.29, 1.82) is 0 Å². The number of imidazole rings is 1. The van der Waals surface area contributed by atoms with Crippen molar-refractivity contribution in [1.82, 2.24) is 4.98 Å². The first kappa shape index (κ1) is 16.4. The van der Waals surface area contributed by atoms with E-state index in [-0.39, 0.29) is 22.5 Å². The molecule has 1 N–H and O–H groups in total. The Labute approximate surface area is 124 Å². The highest BCUT2D eigenvalue weighted by Crippen LogP contribution is 2.33. The number of nitrogens with zero attached hydrogens (tertiary/aromatic N) is 1. The third-order valence-corrected chi connectivity index (χ3v) is 2.93. The lowest BCUT2D eigenvalue weighted by Crippen LogP contribution is -3.00. The fourth-order valence-corrected chi connectivity index (χ4v) is 2.03. The lowest BCUT2D eigenvalue weighted by Gasteiger charge is -2.15. The van der Waals surface area contributed by atoms with E-state index in [4.69, 9.17) is 0 Å². The van der Waals surface area contributed by atoms with E-state index < -0.39 is 17.8 Å². The summed E-state index contributed by atoms with van der Waals surface area (Å²) in [6.45, 7) is 1.69. The molecule has 0 saturated heterocycles. The summed E-state index contributed by atoms with van der Waals surface area (Å²) in [7, 11) is 0. The van der Waals surface area contributed by atoms with Crippen LogP contribution in [0, 0.1) is 6.92 Å². The van der Waals surface area contributed by atoms with Crippen LogP contribution >= 0.6 is 0 Å². The van der Waals surface area contributed by atoms with Crippen LogP contribution in [-0.2, 0) is 11.0 Å². The maximum absolute atomic E-state index is 13.0. The average Bonchev–Trinajstić information content (AvgIpc) is 2.76. The van der Waals surface area contributed by atoms with Gasteiger partial charge in [0.2, 0.25) is 0 Å². The summed E-state index contributed by atoms with van der Waals surface area (Å²) < 4.78 is 40.3. The molecule has 0 bridgehead atoms. The number of H-pyrrole nitrogens is 1.